The lowest BCUT2D eigenvalue weighted by Gasteiger charge is -2.27. The highest BCUT2D eigenvalue weighted by Crippen LogP contribution is 2.36. The fourth-order valence-electron chi connectivity index (χ4n) is 1.01. The van der Waals surface area contributed by atoms with Crippen molar-refractivity contribution >= 4 is 8.60 Å². The van der Waals surface area contributed by atoms with E-state index in [2.05, 4.69) is 0 Å². The van der Waals surface area contributed by atoms with Crippen molar-refractivity contribution in [2.75, 3.05) is 0 Å². The van der Waals surface area contributed by atoms with Crippen LogP contribution in [0.3, 0.4) is 0 Å². The standard InChI is InChI=1S/C7H17O3P/c1-4-6-7(3,5-2)10-11(8)9/h8-9H,4-6H2,1-3H3. The van der Waals surface area contributed by atoms with Gasteiger partial charge in [0.15, 0.2) is 0 Å². The molecule has 68 valence electrons. The summed E-state index contributed by atoms with van der Waals surface area (Å²) in [4.78, 5) is 17.3. The molecule has 0 saturated carbocycles. The minimum atomic E-state index is -2.21. The van der Waals surface area contributed by atoms with Gasteiger partial charge in [-0.1, -0.05) is 20.3 Å². The van der Waals surface area contributed by atoms with Crippen LogP contribution >= 0.6 is 8.60 Å². The Morgan fingerprint density at radius 1 is 1.36 bits per heavy atom. The van der Waals surface area contributed by atoms with Crippen molar-refractivity contribution in [3.8, 4) is 0 Å². The lowest BCUT2D eigenvalue weighted by Crippen LogP contribution is -2.25. The lowest BCUT2D eigenvalue weighted by atomic mass is 9.98. The molecular weight excluding hydrogens is 163 g/mol. The Hall–Kier alpha value is 0.310. The Kier molecular flexibility index (Phi) is 5.19. The maximum Gasteiger partial charge on any atom is 0.327 e. The van der Waals surface area contributed by atoms with Crippen molar-refractivity contribution in [3.05, 3.63) is 0 Å². The van der Waals surface area contributed by atoms with E-state index in [1.165, 1.54) is 0 Å². The summed E-state index contributed by atoms with van der Waals surface area (Å²) < 4.78 is 5.00. The Balaban J connectivity index is 3.87. The zero-order valence-electron chi connectivity index (χ0n) is 7.37. The molecule has 2 N–H and O–H groups in total. The van der Waals surface area contributed by atoms with Crippen LogP contribution in [0.4, 0.5) is 0 Å². The van der Waals surface area contributed by atoms with E-state index in [-0.39, 0.29) is 5.60 Å². The topological polar surface area (TPSA) is 49.7 Å². The third-order valence-electron chi connectivity index (χ3n) is 1.83. The van der Waals surface area contributed by atoms with Crippen LogP contribution in [0.25, 0.3) is 0 Å². The highest BCUT2D eigenvalue weighted by Gasteiger charge is 2.25. The Bertz CT molecular complexity index is 108. The van der Waals surface area contributed by atoms with E-state index in [0.717, 1.165) is 19.3 Å². The van der Waals surface area contributed by atoms with E-state index in [4.69, 9.17) is 14.3 Å². The molecule has 0 aromatic rings. The molecule has 0 rings (SSSR count). The lowest BCUT2D eigenvalue weighted by molar-refractivity contribution is 0.0592. The van der Waals surface area contributed by atoms with Gasteiger partial charge in [0.25, 0.3) is 0 Å². The van der Waals surface area contributed by atoms with E-state index in [9.17, 15) is 0 Å². The van der Waals surface area contributed by atoms with E-state index < -0.39 is 8.60 Å². The molecule has 0 spiro atoms. The molecule has 11 heavy (non-hydrogen) atoms. The second-order valence-corrected chi connectivity index (χ2v) is 3.59. The van der Waals surface area contributed by atoms with E-state index >= 15 is 0 Å². The third-order valence-corrected chi connectivity index (χ3v) is 2.43. The van der Waals surface area contributed by atoms with Crippen LogP contribution in [-0.2, 0) is 4.52 Å². The first kappa shape index (κ1) is 11.3. The van der Waals surface area contributed by atoms with Crippen LogP contribution in [0.15, 0.2) is 0 Å². The smallest absolute Gasteiger partial charge is 0.327 e. The van der Waals surface area contributed by atoms with Crippen LogP contribution in [0, 0.1) is 0 Å². The summed E-state index contributed by atoms with van der Waals surface area (Å²) in [6.07, 6.45) is 2.66. The maximum atomic E-state index is 8.64. The van der Waals surface area contributed by atoms with Gasteiger partial charge in [-0.15, -0.1) is 0 Å². The highest BCUT2D eigenvalue weighted by molar-refractivity contribution is 7.39. The molecule has 0 saturated heterocycles. The van der Waals surface area contributed by atoms with Crippen LogP contribution in [0.2, 0.25) is 0 Å². The van der Waals surface area contributed by atoms with Crippen LogP contribution < -0.4 is 0 Å². The van der Waals surface area contributed by atoms with Gasteiger partial charge in [-0.25, -0.2) is 0 Å². The van der Waals surface area contributed by atoms with Gasteiger partial charge in [0, 0.05) is 0 Å². The molecule has 0 bridgehead atoms. The van der Waals surface area contributed by atoms with Crippen molar-refractivity contribution in [1.82, 2.24) is 0 Å². The average molecular weight is 180 g/mol. The molecule has 0 aromatic heterocycles. The third kappa shape index (κ3) is 4.70. The monoisotopic (exact) mass is 180 g/mol. The van der Waals surface area contributed by atoms with Crippen molar-refractivity contribution in [2.24, 2.45) is 0 Å². The Morgan fingerprint density at radius 3 is 2.18 bits per heavy atom. The number of rotatable bonds is 5. The van der Waals surface area contributed by atoms with E-state index in [0.29, 0.717) is 0 Å². The van der Waals surface area contributed by atoms with Crippen molar-refractivity contribution in [3.63, 3.8) is 0 Å². The fraction of sp³-hybridized carbons (Fsp3) is 1.00. The van der Waals surface area contributed by atoms with Gasteiger partial charge in [0.1, 0.15) is 0 Å². The molecular formula is C7H17O3P. The van der Waals surface area contributed by atoms with Crippen molar-refractivity contribution in [1.29, 1.82) is 0 Å². The van der Waals surface area contributed by atoms with Gasteiger partial charge in [0.2, 0.25) is 0 Å². The summed E-state index contributed by atoms with van der Waals surface area (Å²) in [5, 5.41) is 0. The highest BCUT2D eigenvalue weighted by atomic mass is 31.2. The predicted octanol–water partition coefficient (Wildman–Crippen LogP) is 2.18. The SMILES string of the molecule is CCCC(C)(CC)OP(O)O. The van der Waals surface area contributed by atoms with Crippen molar-refractivity contribution in [2.45, 2.75) is 45.6 Å². The van der Waals surface area contributed by atoms with Gasteiger partial charge in [-0.05, 0) is 19.8 Å². The van der Waals surface area contributed by atoms with Gasteiger partial charge in [0.05, 0.1) is 5.60 Å². The molecule has 4 heteroatoms. The fourth-order valence-corrected chi connectivity index (χ4v) is 1.63. The number of hydrogen-bond donors (Lipinski definition) is 2. The predicted molar refractivity (Wildman–Crippen MR) is 46.0 cm³/mol. The summed E-state index contributed by atoms with van der Waals surface area (Å²) >= 11 is 0. The van der Waals surface area contributed by atoms with Gasteiger partial charge >= 0.3 is 8.60 Å². The largest absolute Gasteiger partial charge is 0.328 e. The molecule has 0 heterocycles. The molecule has 3 nitrogen and oxygen atoms in total. The average Bonchev–Trinajstić information content (AvgIpc) is 1.87. The summed E-state index contributed by atoms with van der Waals surface area (Å²) in [5.41, 5.74) is -0.357. The van der Waals surface area contributed by atoms with Gasteiger partial charge in [-0.3, -0.25) is 0 Å². The minimum absolute atomic E-state index is 0.357. The minimum Gasteiger partial charge on any atom is -0.328 e. The van der Waals surface area contributed by atoms with E-state index in [1.54, 1.807) is 0 Å². The first-order valence-electron chi connectivity index (χ1n) is 3.91. The molecule has 1 atom stereocenters. The van der Waals surface area contributed by atoms with Crippen LogP contribution in [0.1, 0.15) is 40.0 Å². The first-order chi connectivity index (χ1) is 5.04. The molecule has 1 unspecified atom stereocenters. The van der Waals surface area contributed by atoms with E-state index in [1.807, 2.05) is 20.8 Å². The zero-order valence-corrected chi connectivity index (χ0v) is 8.27. The summed E-state index contributed by atoms with van der Waals surface area (Å²) in [6, 6.07) is 0. The normalized spacial score (nSPS) is 16.9. The molecule has 0 radical (unpaired) electrons. The number of hydrogen-bond acceptors (Lipinski definition) is 3. The molecule has 0 aliphatic rings. The molecule has 0 fully saturated rings. The molecule has 0 amide bonds. The quantitative estimate of drug-likeness (QED) is 0.637. The molecule has 0 aromatic carbocycles. The van der Waals surface area contributed by atoms with Crippen LogP contribution in [-0.4, -0.2) is 15.4 Å². The van der Waals surface area contributed by atoms with Gasteiger partial charge in [-0.2, -0.15) is 0 Å². The summed E-state index contributed by atoms with van der Waals surface area (Å²) in [5.74, 6) is 0. The van der Waals surface area contributed by atoms with Gasteiger partial charge < -0.3 is 14.3 Å². The Morgan fingerprint density at radius 2 is 1.91 bits per heavy atom. The maximum absolute atomic E-state index is 8.64. The first-order valence-corrected chi connectivity index (χ1v) is 5.07. The van der Waals surface area contributed by atoms with Crippen LogP contribution in [0.5, 0.6) is 0 Å². The van der Waals surface area contributed by atoms with Crippen molar-refractivity contribution < 1.29 is 14.3 Å². The summed E-state index contributed by atoms with van der Waals surface area (Å²) in [7, 11) is -2.21. The zero-order chi connectivity index (χ0) is 8.91. The second-order valence-electron chi connectivity index (χ2n) is 2.90. The molecule has 0 aliphatic heterocycles. The Labute approximate surface area is 69.4 Å². The summed E-state index contributed by atoms with van der Waals surface area (Å²) in [6.45, 7) is 5.93. The second kappa shape index (κ2) is 5.04. The molecule has 0 aliphatic carbocycles.